The summed E-state index contributed by atoms with van der Waals surface area (Å²) in [5.41, 5.74) is 0.711. The highest BCUT2D eigenvalue weighted by molar-refractivity contribution is 8.00. The highest BCUT2D eigenvalue weighted by Crippen LogP contribution is 2.39. The monoisotopic (exact) mass is 321 g/mol. The minimum atomic E-state index is -1.37. The van der Waals surface area contributed by atoms with Gasteiger partial charge in [-0.3, -0.25) is 19.2 Å². The molecule has 9 heteroatoms. The molecule has 1 aromatic rings. The third-order valence-corrected chi connectivity index (χ3v) is 5.01. The van der Waals surface area contributed by atoms with Crippen molar-refractivity contribution in [2.24, 2.45) is 7.05 Å². The number of nitrogens with zero attached hydrogens (tertiary/aromatic N) is 3. The number of hydrogen-bond donors (Lipinski definition) is 1. The van der Waals surface area contributed by atoms with Crippen LogP contribution in [0, 0.1) is 0 Å². The van der Waals surface area contributed by atoms with Crippen LogP contribution in [0.25, 0.3) is 0 Å². The number of fused-ring (bicyclic) bond motifs is 1. The van der Waals surface area contributed by atoms with Crippen LogP contribution in [0.3, 0.4) is 0 Å². The standard InChI is InChI=1S/C13H14N4O4S/c1-6-5-22-12-8(11(19)17(12)9(6)13(20)21)14-10(18)7-3-4-16(2)15-7/h3-4,8,12H,5H2,1-2H3,(H,14,18)(H,20,21)/p-1/t8-,12-/m0/s1. The first-order valence-electron chi connectivity index (χ1n) is 6.56. The van der Waals surface area contributed by atoms with E-state index in [0.29, 0.717) is 11.3 Å². The molecule has 2 aliphatic heterocycles. The Balaban J connectivity index is 1.76. The minimum absolute atomic E-state index is 0.0860. The molecule has 0 radical (unpaired) electrons. The van der Waals surface area contributed by atoms with Gasteiger partial charge in [-0.15, -0.1) is 11.8 Å². The van der Waals surface area contributed by atoms with E-state index in [4.69, 9.17) is 0 Å². The van der Waals surface area contributed by atoms with Crippen molar-refractivity contribution in [1.82, 2.24) is 20.0 Å². The molecule has 0 aliphatic carbocycles. The molecule has 0 saturated carbocycles. The normalized spacial score (nSPS) is 23.9. The zero-order valence-corrected chi connectivity index (χ0v) is 12.7. The number of aromatic nitrogens is 2. The third kappa shape index (κ3) is 2.17. The summed E-state index contributed by atoms with van der Waals surface area (Å²) < 4.78 is 1.49. The van der Waals surface area contributed by atoms with Crippen molar-refractivity contribution in [3.05, 3.63) is 29.2 Å². The van der Waals surface area contributed by atoms with Crippen LogP contribution in [0.5, 0.6) is 0 Å². The van der Waals surface area contributed by atoms with E-state index >= 15 is 0 Å². The van der Waals surface area contributed by atoms with Gasteiger partial charge in [0.2, 0.25) is 0 Å². The van der Waals surface area contributed by atoms with Gasteiger partial charge in [0.25, 0.3) is 11.8 Å². The lowest BCUT2D eigenvalue weighted by Gasteiger charge is -2.50. The minimum Gasteiger partial charge on any atom is -0.543 e. The van der Waals surface area contributed by atoms with E-state index in [1.165, 1.54) is 21.3 Å². The van der Waals surface area contributed by atoms with Crippen LogP contribution < -0.4 is 10.4 Å². The molecular formula is C13H13N4O4S-. The van der Waals surface area contributed by atoms with Gasteiger partial charge in [-0.05, 0) is 18.6 Å². The summed E-state index contributed by atoms with van der Waals surface area (Å²) in [6.07, 6.45) is 1.62. The maximum Gasteiger partial charge on any atom is 0.272 e. The van der Waals surface area contributed by atoms with E-state index in [0.717, 1.165) is 0 Å². The summed E-state index contributed by atoms with van der Waals surface area (Å²) in [6.45, 7) is 1.65. The van der Waals surface area contributed by atoms with Gasteiger partial charge in [-0.25, -0.2) is 0 Å². The van der Waals surface area contributed by atoms with Crippen molar-refractivity contribution in [2.75, 3.05) is 5.75 Å². The number of carbonyl (C=O) groups is 3. The Kier molecular flexibility index (Phi) is 3.44. The lowest BCUT2D eigenvalue weighted by molar-refractivity contribution is -0.301. The average Bonchev–Trinajstić information content (AvgIpc) is 2.90. The van der Waals surface area contributed by atoms with E-state index < -0.39 is 29.2 Å². The second-order valence-corrected chi connectivity index (χ2v) is 6.26. The number of aliphatic carboxylic acids is 1. The van der Waals surface area contributed by atoms with Crippen LogP contribution in [-0.2, 0) is 16.6 Å². The molecule has 0 bridgehead atoms. The second-order valence-electron chi connectivity index (χ2n) is 5.15. The van der Waals surface area contributed by atoms with Gasteiger partial charge in [0.1, 0.15) is 17.1 Å². The lowest BCUT2D eigenvalue weighted by atomic mass is 10.0. The van der Waals surface area contributed by atoms with E-state index in [1.807, 2.05) is 0 Å². The van der Waals surface area contributed by atoms with Crippen LogP contribution in [-0.4, -0.2) is 49.6 Å². The number of aryl methyl sites for hydroxylation is 1. The summed E-state index contributed by atoms with van der Waals surface area (Å²) in [6, 6.07) is 0.794. The maximum atomic E-state index is 12.2. The van der Waals surface area contributed by atoms with Crippen molar-refractivity contribution in [2.45, 2.75) is 18.3 Å². The molecule has 2 atom stereocenters. The maximum absolute atomic E-state index is 12.2. The van der Waals surface area contributed by atoms with Gasteiger partial charge < -0.3 is 15.2 Å². The van der Waals surface area contributed by atoms with Crippen molar-refractivity contribution >= 4 is 29.5 Å². The highest BCUT2D eigenvalue weighted by Gasteiger charge is 2.52. The number of hydrogen-bond acceptors (Lipinski definition) is 6. The molecule has 0 spiro atoms. The molecule has 8 nitrogen and oxygen atoms in total. The Morgan fingerprint density at radius 3 is 2.82 bits per heavy atom. The molecule has 1 saturated heterocycles. The number of nitrogens with one attached hydrogen (secondary N) is 1. The smallest absolute Gasteiger partial charge is 0.272 e. The number of carboxylic acids is 1. The molecule has 0 aromatic carbocycles. The highest BCUT2D eigenvalue weighted by atomic mass is 32.2. The average molecular weight is 321 g/mol. The van der Waals surface area contributed by atoms with E-state index in [1.54, 1.807) is 26.2 Å². The van der Waals surface area contributed by atoms with E-state index in [2.05, 4.69) is 10.4 Å². The van der Waals surface area contributed by atoms with Gasteiger partial charge in [0.05, 0.1) is 11.7 Å². The van der Waals surface area contributed by atoms with Crippen molar-refractivity contribution < 1.29 is 19.5 Å². The van der Waals surface area contributed by atoms with Gasteiger partial charge in [0, 0.05) is 19.0 Å². The SMILES string of the molecule is CC1=C(C(=O)[O-])N2C(=O)[C@H](NC(=O)c3ccn(C)n3)[C@@H]2SC1. The fourth-order valence-corrected chi connectivity index (χ4v) is 3.81. The molecule has 3 heterocycles. The Morgan fingerprint density at radius 2 is 2.23 bits per heavy atom. The number of carboxylic acid groups (broad SMARTS) is 1. The Bertz CT molecular complexity index is 711. The van der Waals surface area contributed by atoms with Crippen LogP contribution in [0.4, 0.5) is 0 Å². The van der Waals surface area contributed by atoms with Crippen LogP contribution in [0.2, 0.25) is 0 Å². The summed E-state index contributed by atoms with van der Waals surface area (Å²) in [5.74, 6) is -1.79. The quantitative estimate of drug-likeness (QED) is 0.676. The third-order valence-electron chi connectivity index (χ3n) is 3.59. The molecule has 3 rings (SSSR count). The van der Waals surface area contributed by atoms with Crippen LogP contribution >= 0.6 is 11.8 Å². The Morgan fingerprint density at radius 1 is 1.50 bits per heavy atom. The molecule has 0 unspecified atom stereocenters. The zero-order valence-electron chi connectivity index (χ0n) is 11.9. The van der Waals surface area contributed by atoms with Gasteiger partial charge in [-0.2, -0.15) is 5.10 Å². The molecule has 116 valence electrons. The van der Waals surface area contributed by atoms with Crippen LogP contribution in [0.1, 0.15) is 17.4 Å². The van der Waals surface area contributed by atoms with E-state index in [-0.39, 0.29) is 11.4 Å². The second kappa shape index (κ2) is 5.16. The predicted octanol–water partition coefficient (Wildman–Crippen LogP) is -1.54. The zero-order chi connectivity index (χ0) is 16.0. The number of rotatable bonds is 3. The van der Waals surface area contributed by atoms with Crippen molar-refractivity contribution in [3.63, 3.8) is 0 Å². The molecule has 2 amide bonds. The number of carbonyl (C=O) groups excluding carboxylic acids is 3. The van der Waals surface area contributed by atoms with Gasteiger partial charge in [-0.1, -0.05) is 0 Å². The first-order valence-corrected chi connectivity index (χ1v) is 7.61. The predicted molar refractivity (Wildman–Crippen MR) is 75.3 cm³/mol. The number of amides is 2. The van der Waals surface area contributed by atoms with Gasteiger partial charge >= 0.3 is 0 Å². The summed E-state index contributed by atoms with van der Waals surface area (Å²) >= 11 is 1.41. The summed E-state index contributed by atoms with van der Waals surface area (Å²) in [7, 11) is 1.68. The number of β-lactam (4-membered cyclic amide) rings is 1. The molecule has 22 heavy (non-hydrogen) atoms. The largest absolute Gasteiger partial charge is 0.543 e. The van der Waals surface area contributed by atoms with Crippen molar-refractivity contribution in [3.8, 4) is 0 Å². The Hall–Kier alpha value is -2.29. The molecule has 2 aliphatic rings. The lowest BCUT2D eigenvalue weighted by Crippen LogP contribution is -2.71. The first kappa shape index (κ1) is 14.6. The molecular weight excluding hydrogens is 308 g/mol. The molecule has 1 N–H and O–H groups in total. The van der Waals surface area contributed by atoms with Gasteiger partial charge in [0.15, 0.2) is 0 Å². The molecule has 1 aromatic heterocycles. The van der Waals surface area contributed by atoms with Crippen molar-refractivity contribution in [1.29, 1.82) is 0 Å². The Labute approximate surface area is 130 Å². The summed E-state index contributed by atoms with van der Waals surface area (Å²) in [4.78, 5) is 36.6. The fourth-order valence-electron chi connectivity index (χ4n) is 2.51. The molecule has 1 fully saturated rings. The first-order chi connectivity index (χ1) is 10.4. The fraction of sp³-hybridized carbons (Fsp3) is 0.385. The number of thioether (sulfide) groups is 1. The topological polar surface area (TPSA) is 107 Å². The summed E-state index contributed by atoms with van der Waals surface area (Å²) in [5, 5.41) is 17.3. The van der Waals surface area contributed by atoms with E-state index in [9.17, 15) is 19.5 Å². The van der Waals surface area contributed by atoms with Crippen LogP contribution in [0.15, 0.2) is 23.5 Å².